The summed E-state index contributed by atoms with van der Waals surface area (Å²) in [6, 6.07) is 4.31. The first-order valence-electron chi connectivity index (χ1n) is 7.17. The number of nitrogens with one attached hydrogen (secondary N) is 1. The zero-order valence-corrected chi connectivity index (χ0v) is 13.6. The molecule has 6 nitrogen and oxygen atoms in total. The van der Waals surface area contributed by atoms with Crippen LogP contribution >= 0.6 is 11.6 Å². The van der Waals surface area contributed by atoms with Gasteiger partial charge >= 0.3 is 5.97 Å². The average Bonchev–Trinajstić information content (AvgIpc) is 2.85. The third kappa shape index (κ3) is 2.46. The van der Waals surface area contributed by atoms with Gasteiger partial charge in [0.25, 0.3) is 5.56 Å². The second kappa shape index (κ2) is 6.09. The van der Waals surface area contributed by atoms with Crippen molar-refractivity contribution in [2.24, 2.45) is 0 Å². The fourth-order valence-corrected chi connectivity index (χ4v) is 2.77. The molecular formula is C16H13ClFN3O3. The molecular weight excluding hydrogens is 337 g/mol. The van der Waals surface area contributed by atoms with E-state index >= 15 is 0 Å². The van der Waals surface area contributed by atoms with Crippen LogP contribution in [-0.4, -0.2) is 27.2 Å². The lowest BCUT2D eigenvalue weighted by Crippen LogP contribution is -2.24. The number of aryl methyl sites for hydroxylation is 1. The van der Waals surface area contributed by atoms with Gasteiger partial charge in [0.1, 0.15) is 11.4 Å². The third-order valence-corrected chi connectivity index (χ3v) is 3.86. The van der Waals surface area contributed by atoms with Crippen molar-refractivity contribution < 1.29 is 13.9 Å². The van der Waals surface area contributed by atoms with Crippen molar-refractivity contribution in [3.63, 3.8) is 0 Å². The Morgan fingerprint density at radius 1 is 1.42 bits per heavy atom. The SMILES string of the molecule is CCOC(=O)c1cnc2c(-c3c(F)cccc3Cl)c(C)[nH]n2c1=O. The molecule has 0 bridgehead atoms. The highest BCUT2D eigenvalue weighted by molar-refractivity contribution is 6.33. The number of rotatable bonds is 3. The number of esters is 1. The first kappa shape index (κ1) is 16.2. The number of halogens is 2. The lowest BCUT2D eigenvalue weighted by molar-refractivity contribution is 0.0523. The predicted molar refractivity (Wildman–Crippen MR) is 86.9 cm³/mol. The summed E-state index contributed by atoms with van der Waals surface area (Å²) in [6.45, 7) is 3.44. The van der Waals surface area contributed by atoms with Crippen molar-refractivity contribution in [2.75, 3.05) is 6.61 Å². The Balaban J connectivity index is 2.30. The maximum absolute atomic E-state index is 14.2. The first-order valence-corrected chi connectivity index (χ1v) is 7.55. The molecule has 1 N–H and O–H groups in total. The van der Waals surface area contributed by atoms with Gasteiger partial charge < -0.3 is 4.74 Å². The number of fused-ring (bicyclic) bond motifs is 1. The maximum Gasteiger partial charge on any atom is 0.345 e. The summed E-state index contributed by atoms with van der Waals surface area (Å²) in [5.74, 6) is -1.29. The van der Waals surface area contributed by atoms with Gasteiger partial charge in [-0.2, -0.15) is 0 Å². The summed E-state index contributed by atoms with van der Waals surface area (Å²) in [6.07, 6.45) is 1.13. The molecule has 0 spiro atoms. The van der Waals surface area contributed by atoms with E-state index in [-0.39, 0.29) is 28.4 Å². The Morgan fingerprint density at radius 3 is 2.83 bits per heavy atom. The molecule has 2 heterocycles. The van der Waals surface area contributed by atoms with Gasteiger partial charge in [-0.1, -0.05) is 17.7 Å². The molecule has 3 rings (SSSR count). The standard InChI is InChI=1S/C16H13ClFN3O3/c1-3-24-16(23)9-7-19-14-12(8(2)20-21(14)15(9)22)13-10(17)5-4-6-11(13)18/h4-7,20H,3H2,1-2H3. The van der Waals surface area contributed by atoms with Gasteiger partial charge in [0.05, 0.1) is 17.2 Å². The number of ether oxygens (including phenoxy) is 1. The fourth-order valence-electron chi connectivity index (χ4n) is 2.51. The van der Waals surface area contributed by atoms with E-state index in [2.05, 4.69) is 10.1 Å². The van der Waals surface area contributed by atoms with Gasteiger partial charge in [0.15, 0.2) is 5.65 Å². The number of benzene rings is 1. The Morgan fingerprint density at radius 2 is 2.17 bits per heavy atom. The molecule has 0 aliphatic heterocycles. The number of H-pyrrole nitrogens is 1. The molecule has 0 aliphatic carbocycles. The van der Waals surface area contributed by atoms with Crippen LogP contribution in [0.25, 0.3) is 16.8 Å². The van der Waals surface area contributed by atoms with E-state index in [4.69, 9.17) is 16.3 Å². The number of carbonyl (C=O) groups excluding carboxylic acids is 1. The number of hydrogen-bond donors (Lipinski definition) is 1. The van der Waals surface area contributed by atoms with Gasteiger partial charge in [-0.25, -0.2) is 18.7 Å². The number of nitrogens with zero attached hydrogens (tertiary/aromatic N) is 2. The van der Waals surface area contributed by atoms with Crippen molar-refractivity contribution >= 4 is 23.2 Å². The van der Waals surface area contributed by atoms with Crippen LogP contribution in [0.4, 0.5) is 4.39 Å². The Kier molecular flexibility index (Phi) is 4.11. The molecule has 8 heteroatoms. The first-order chi connectivity index (χ1) is 11.5. The summed E-state index contributed by atoms with van der Waals surface area (Å²) < 4.78 is 20.2. The molecule has 0 aliphatic rings. The van der Waals surface area contributed by atoms with Crippen LogP contribution < -0.4 is 5.56 Å². The van der Waals surface area contributed by atoms with Crippen molar-refractivity contribution in [1.29, 1.82) is 0 Å². The minimum absolute atomic E-state index is 0.140. The zero-order chi connectivity index (χ0) is 17.4. The molecule has 0 fully saturated rings. The quantitative estimate of drug-likeness (QED) is 0.737. The van der Waals surface area contributed by atoms with E-state index in [1.807, 2.05) is 0 Å². The van der Waals surface area contributed by atoms with Crippen molar-refractivity contribution in [3.8, 4) is 11.1 Å². The van der Waals surface area contributed by atoms with Crippen LogP contribution in [0.2, 0.25) is 5.02 Å². The average molecular weight is 350 g/mol. The van der Waals surface area contributed by atoms with Crippen molar-refractivity contribution in [1.82, 2.24) is 14.6 Å². The van der Waals surface area contributed by atoms with Crippen LogP contribution in [0, 0.1) is 12.7 Å². The van der Waals surface area contributed by atoms with Gasteiger partial charge in [0, 0.05) is 17.5 Å². The summed E-state index contributed by atoms with van der Waals surface area (Å²) in [5, 5.41) is 2.99. The summed E-state index contributed by atoms with van der Waals surface area (Å²) >= 11 is 6.11. The second-order valence-corrected chi connectivity index (χ2v) is 5.47. The fraction of sp³-hybridized carbons (Fsp3) is 0.188. The van der Waals surface area contributed by atoms with E-state index in [0.717, 1.165) is 10.7 Å². The largest absolute Gasteiger partial charge is 0.462 e. The molecule has 1 aromatic carbocycles. The van der Waals surface area contributed by atoms with Crippen molar-refractivity contribution in [2.45, 2.75) is 13.8 Å². The summed E-state index contributed by atoms with van der Waals surface area (Å²) in [4.78, 5) is 28.4. The molecule has 2 aromatic heterocycles. The number of hydrogen-bond acceptors (Lipinski definition) is 4. The number of aromatic nitrogens is 3. The van der Waals surface area contributed by atoms with Crippen LogP contribution in [0.1, 0.15) is 23.0 Å². The van der Waals surface area contributed by atoms with Crippen LogP contribution in [0.5, 0.6) is 0 Å². The van der Waals surface area contributed by atoms with E-state index in [1.165, 1.54) is 12.1 Å². The highest BCUT2D eigenvalue weighted by Crippen LogP contribution is 2.34. The predicted octanol–water partition coefficient (Wildman–Crippen LogP) is 2.97. The lowest BCUT2D eigenvalue weighted by Gasteiger charge is -2.05. The molecule has 24 heavy (non-hydrogen) atoms. The monoisotopic (exact) mass is 349 g/mol. The van der Waals surface area contributed by atoms with Gasteiger partial charge in [-0.05, 0) is 26.0 Å². The van der Waals surface area contributed by atoms with E-state index in [1.54, 1.807) is 19.9 Å². The molecule has 0 saturated heterocycles. The van der Waals surface area contributed by atoms with Crippen LogP contribution in [0.15, 0.2) is 29.2 Å². The normalized spacial score (nSPS) is 11.0. The minimum Gasteiger partial charge on any atom is -0.462 e. The molecule has 0 saturated carbocycles. The molecule has 0 atom stereocenters. The Hall–Kier alpha value is -2.67. The van der Waals surface area contributed by atoms with Crippen molar-refractivity contribution in [3.05, 3.63) is 56.8 Å². The topological polar surface area (TPSA) is 76.5 Å². The van der Waals surface area contributed by atoms with Gasteiger partial charge in [-0.3, -0.25) is 9.89 Å². The summed E-state index contributed by atoms with van der Waals surface area (Å²) in [7, 11) is 0. The van der Waals surface area contributed by atoms with Gasteiger partial charge in [-0.15, -0.1) is 0 Å². The van der Waals surface area contributed by atoms with Gasteiger partial charge in [0.2, 0.25) is 0 Å². The highest BCUT2D eigenvalue weighted by Gasteiger charge is 2.22. The van der Waals surface area contributed by atoms with E-state index in [9.17, 15) is 14.0 Å². The van der Waals surface area contributed by atoms with Crippen LogP contribution in [-0.2, 0) is 4.74 Å². The van der Waals surface area contributed by atoms with E-state index in [0.29, 0.717) is 11.3 Å². The molecule has 3 aromatic rings. The summed E-state index contributed by atoms with van der Waals surface area (Å²) in [5.41, 5.74) is 0.351. The maximum atomic E-state index is 14.2. The number of carbonyl (C=O) groups is 1. The Labute approximate surface area is 140 Å². The minimum atomic E-state index is -0.762. The highest BCUT2D eigenvalue weighted by atomic mass is 35.5. The zero-order valence-electron chi connectivity index (χ0n) is 12.9. The smallest absolute Gasteiger partial charge is 0.345 e. The molecule has 124 valence electrons. The van der Waals surface area contributed by atoms with Crippen LogP contribution in [0.3, 0.4) is 0 Å². The number of aromatic amines is 1. The second-order valence-electron chi connectivity index (χ2n) is 5.06. The molecule has 0 radical (unpaired) electrons. The molecule has 0 unspecified atom stereocenters. The Bertz CT molecular complexity index is 989. The van der Waals surface area contributed by atoms with E-state index < -0.39 is 17.3 Å². The third-order valence-electron chi connectivity index (χ3n) is 3.55. The molecule has 0 amide bonds. The lowest BCUT2D eigenvalue weighted by atomic mass is 10.1.